The molecule has 0 saturated heterocycles. The van der Waals surface area contributed by atoms with Crippen LogP contribution >= 0.6 is 0 Å². The van der Waals surface area contributed by atoms with Crippen molar-refractivity contribution < 1.29 is 17.6 Å². The summed E-state index contributed by atoms with van der Waals surface area (Å²) < 4.78 is 51.1. The minimum atomic E-state index is -4.48. The number of alkyl halides is 3. The Hall–Kier alpha value is -2.30. The van der Waals surface area contributed by atoms with Gasteiger partial charge in [-0.05, 0) is 23.8 Å². The monoisotopic (exact) mass is 295 g/mol. The first-order valence-corrected chi connectivity index (χ1v) is 6.29. The summed E-state index contributed by atoms with van der Waals surface area (Å²) in [4.78, 5) is 0. The molecule has 0 saturated carbocycles. The number of benzene rings is 2. The molecule has 0 aliphatic rings. The zero-order chi connectivity index (χ0) is 15.3. The van der Waals surface area contributed by atoms with Crippen molar-refractivity contribution in [1.82, 2.24) is 0 Å². The van der Waals surface area contributed by atoms with Crippen molar-refractivity contribution >= 4 is 11.8 Å². The molecular weight excluding hydrogens is 282 g/mol. The summed E-state index contributed by atoms with van der Waals surface area (Å²) in [6.07, 6.45) is -0.961. The van der Waals surface area contributed by atoms with E-state index in [1.165, 1.54) is 0 Å². The molecule has 2 aromatic rings. The van der Waals surface area contributed by atoms with Crippen molar-refractivity contribution in [1.29, 1.82) is 0 Å². The first-order valence-electron chi connectivity index (χ1n) is 6.29. The van der Waals surface area contributed by atoms with Gasteiger partial charge in [0, 0.05) is 6.54 Å². The van der Waals surface area contributed by atoms with Crippen LogP contribution in [-0.2, 0) is 6.18 Å². The van der Waals surface area contributed by atoms with Crippen LogP contribution in [0.4, 0.5) is 23.2 Å². The highest BCUT2D eigenvalue weighted by Crippen LogP contribution is 2.31. The van der Waals surface area contributed by atoms with E-state index in [0.29, 0.717) is 0 Å². The van der Waals surface area contributed by atoms with Gasteiger partial charge in [-0.1, -0.05) is 42.5 Å². The van der Waals surface area contributed by atoms with E-state index < -0.39 is 17.6 Å². The van der Waals surface area contributed by atoms with Crippen molar-refractivity contribution in [2.75, 3.05) is 11.9 Å². The molecule has 0 radical (unpaired) electrons. The molecule has 0 aliphatic carbocycles. The van der Waals surface area contributed by atoms with Gasteiger partial charge >= 0.3 is 6.18 Å². The average molecular weight is 295 g/mol. The van der Waals surface area contributed by atoms with Crippen LogP contribution in [-0.4, -0.2) is 6.54 Å². The van der Waals surface area contributed by atoms with Crippen molar-refractivity contribution in [3.63, 3.8) is 0 Å². The summed E-state index contributed by atoms with van der Waals surface area (Å²) in [5, 5.41) is 2.63. The topological polar surface area (TPSA) is 12.0 Å². The molecular formula is C16H13F4N. The fraction of sp³-hybridized carbons (Fsp3) is 0.125. The lowest BCUT2D eigenvalue weighted by Gasteiger charge is -2.10. The molecule has 0 unspecified atom stereocenters. The van der Waals surface area contributed by atoms with Crippen LogP contribution in [0.2, 0.25) is 0 Å². The van der Waals surface area contributed by atoms with E-state index in [9.17, 15) is 17.6 Å². The number of rotatable bonds is 4. The molecule has 0 spiro atoms. The Labute approximate surface area is 119 Å². The minimum Gasteiger partial charge on any atom is -0.379 e. The SMILES string of the molecule is Fc1ccc(C(F)(F)F)cc1NCC=Cc1ccccc1. The fourth-order valence-electron chi connectivity index (χ4n) is 1.77. The average Bonchev–Trinajstić information content (AvgIpc) is 2.45. The van der Waals surface area contributed by atoms with E-state index in [-0.39, 0.29) is 12.2 Å². The highest BCUT2D eigenvalue weighted by atomic mass is 19.4. The smallest absolute Gasteiger partial charge is 0.379 e. The van der Waals surface area contributed by atoms with Gasteiger partial charge in [0.1, 0.15) is 5.82 Å². The molecule has 2 aromatic carbocycles. The Morgan fingerprint density at radius 1 is 1.00 bits per heavy atom. The molecule has 2 rings (SSSR count). The lowest BCUT2D eigenvalue weighted by atomic mass is 10.2. The predicted molar refractivity (Wildman–Crippen MR) is 75.4 cm³/mol. The maximum Gasteiger partial charge on any atom is 0.416 e. The second-order valence-electron chi connectivity index (χ2n) is 4.39. The van der Waals surface area contributed by atoms with Crippen LogP contribution in [0, 0.1) is 5.82 Å². The van der Waals surface area contributed by atoms with Crippen molar-refractivity contribution in [3.8, 4) is 0 Å². The number of anilines is 1. The Balaban J connectivity index is 2.01. The molecule has 0 fully saturated rings. The number of nitrogens with one attached hydrogen (secondary N) is 1. The summed E-state index contributed by atoms with van der Waals surface area (Å²) in [6.45, 7) is 0.229. The molecule has 21 heavy (non-hydrogen) atoms. The first kappa shape index (κ1) is 15.1. The van der Waals surface area contributed by atoms with Crippen LogP contribution in [0.1, 0.15) is 11.1 Å². The Morgan fingerprint density at radius 3 is 2.38 bits per heavy atom. The summed E-state index contributed by atoms with van der Waals surface area (Å²) in [5.41, 5.74) is -0.0789. The summed E-state index contributed by atoms with van der Waals surface area (Å²) >= 11 is 0. The van der Waals surface area contributed by atoms with Gasteiger partial charge in [0.2, 0.25) is 0 Å². The number of hydrogen-bond acceptors (Lipinski definition) is 1. The van der Waals surface area contributed by atoms with Gasteiger partial charge in [-0.3, -0.25) is 0 Å². The molecule has 1 nitrogen and oxygen atoms in total. The molecule has 5 heteroatoms. The Morgan fingerprint density at radius 2 is 1.71 bits per heavy atom. The zero-order valence-electron chi connectivity index (χ0n) is 11.0. The van der Waals surface area contributed by atoms with Crippen LogP contribution in [0.5, 0.6) is 0 Å². The number of hydrogen-bond donors (Lipinski definition) is 1. The third-order valence-corrected chi connectivity index (χ3v) is 2.81. The molecule has 0 amide bonds. The molecule has 0 atom stereocenters. The molecule has 0 bridgehead atoms. The Kier molecular flexibility index (Phi) is 4.62. The van der Waals surface area contributed by atoms with Crippen molar-refractivity contribution in [2.45, 2.75) is 6.18 Å². The Bertz CT molecular complexity index is 618. The van der Waals surface area contributed by atoms with Crippen LogP contribution in [0.15, 0.2) is 54.6 Å². The molecule has 0 aliphatic heterocycles. The first-order chi connectivity index (χ1) is 9.97. The van der Waals surface area contributed by atoms with E-state index in [0.717, 1.165) is 23.8 Å². The lowest BCUT2D eigenvalue weighted by molar-refractivity contribution is -0.137. The van der Waals surface area contributed by atoms with E-state index in [1.807, 2.05) is 30.3 Å². The van der Waals surface area contributed by atoms with E-state index in [4.69, 9.17) is 0 Å². The second kappa shape index (κ2) is 6.43. The second-order valence-corrected chi connectivity index (χ2v) is 4.39. The lowest BCUT2D eigenvalue weighted by Crippen LogP contribution is -2.07. The van der Waals surface area contributed by atoms with Gasteiger partial charge in [-0.15, -0.1) is 0 Å². The normalized spacial score (nSPS) is 11.8. The van der Waals surface area contributed by atoms with Gasteiger partial charge in [-0.2, -0.15) is 13.2 Å². The molecule has 110 valence electrons. The predicted octanol–water partition coefficient (Wildman–Crippen LogP) is 4.97. The van der Waals surface area contributed by atoms with E-state index in [1.54, 1.807) is 12.2 Å². The number of halogens is 4. The maximum absolute atomic E-state index is 13.5. The fourth-order valence-corrected chi connectivity index (χ4v) is 1.77. The third-order valence-electron chi connectivity index (χ3n) is 2.81. The van der Waals surface area contributed by atoms with Crippen molar-refractivity contribution in [3.05, 3.63) is 71.6 Å². The summed E-state index contributed by atoms with van der Waals surface area (Å²) in [5.74, 6) is -0.712. The van der Waals surface area contributed by atoms with Crippen LogP contribution in [0.3, 0.4) is 0 Å². The highest BCUT2D eigenvalue weighted by molar-refractivity contribution is 5.52. The molecule has 1 N–H and O–H groups in total. The third kappa shape index (κ3) is 4.34. The maximum atomic E-state index is 13.5. The van der Waals surface area contributed by atoms with Gasteiger partial charge in [0.05, 0.1) is 11.3 Å². The highest BCUT2D eigenvalue weighted by Gasteiger charge is 2.31. The van der Waals surface area contributed by atoms with Gasteiger partial charge < -0.3 is 5.32 Å². The van der Waals surface area contributed by atoms with Crippen LogP contribution < -0.4 is 5.32 Å². The van der Waals surface area contributed by atoms with Crippen LogP contribution in [0.25, 0.3) is 6.08 Å². The van der Waals surface area contributed by atoms with Gasteiger partial charge in [0.15, 0.2) is 0 Å². The van der Waals surface area contributed by atoms with Crippen molar-refractivity contribution in [2.24, 2.45) is 0 Å². The van der Waals surface area contributed by atoms with E-state index in [2.05, 4.69) is 5.32 Å². The van der Waals surface area contributed by atoms with E-state index >= 15 is 0 Å². The largest absolute Gasteiger partial charge is 0.416 e. The summed E-state index contributed by atoms with van der Waals surface area (Å²) in [6, 6.07) is 11.7. The van der Waals surface area contributed by atoms with Gasteiger partial charge in [0.25, 0.3) is 0 Å². The van der Waals surface area contributed by atoms with Gasteiger partial charge in [-0.25, -0.2) is 4.39 Å². The quantitative estimate of drug-likeness (QED) is 0.785. The molecule has 0 aromatic heterocycles. The standard InChI is InChI=1S/C16H13F4N/c17-14-9-8-13(16(18,19)20)11-15(14)21-10-4-7-12-5-2-1-3-6-12/h1-9,11,21H,10H2. The summed E-state index contributed by atoms with van der Waals surface area (Å²) in [7, 11) is 0. The minimum absolute atomic E-state index is 0.164. The zero-order valence-corrected chi connectivity index (χ0v) is 11.0. The molecule has 0 heterocycles.